The maximum Gasteiger partial charge on any atom is 0.266 e. The van der Waals surface area contributed by atoms with Gasteiger partial charge in [0.1, 0.15) is 17.3 Å². The normalized spacial score (nSPS) is 10.6. The SMILES string of the molecule is COc1ccc(-n2c(C)nc3ccc(OCC(N)=O)cc3c2=O)cc1. The molecule has 1 amide bonds. The van der Waals surface area contributed by atoms with E-state index in [4.69, 9.17) is 15.2 Å². The number of hydrogen-bond donors (Lipinski definition) is 1. The van der Waals surface area contributed by atoms with E-state index in [2.05, 4.69) is 4.98 Å². The molecule has 7 nitrogen and oxygen atoms in total. The average molecular weight is 339 g/mol. The molecule has 1 aromatic heterocycles. The zero-order chi connectivity index (χ0) is 18.0. The van der Waals surface area contributed by atoms with Crippen molar-refractivity contribution < 1.29 is 14.3 Å². The molecule has 3 aromatic rings. The number of benzene rings is 2. The van der Waals surface area contributed by atoms with Crippen molar-refractivity contribution in [2.24, 2.45) is 5.73 Å². The third kappa shape index (κ3) is 3.30. The minimum atomic E-state index is -0.585. The lowest BCUT2D eigenvalue weighted by Gasteiger charge is -2.12. The van der Waals surface area contributed by atoms with E-state index in [1.165, 1.54) is 4.57 Å². The topological polar surface area (TPSA) is 96.4 Å². The lowest BCUT2D eigenvalue weighted by molar-refractivity contribution is -0.119. The van der Waals surface area contributed by atoms with E-state index in [0.717, 1.165) is 0 Å². The summed E-state index contributed by atoms with van der Waals surface area (Å²) in [6.07, 6.45) is 0. The molecule has 0 saturated heterocycles. The summed E-state index contributed by atoms with van der Waals surface area (Å²) in [6.45, 7) is 1.51. The van der Waals surface area contributed by atoms with Crippen LogP contribution in [0.2, 0.25) is 0 Å². The smallest absolute Gasteiger partial charge is 0.266 e. The maximum absolute atomic E-state index is 12.9. The van der Waals surface area contributed by atoms with E-state index in [-0.39, 0.29) is 12.2 Å². The Kier molecular flexibility index (Phi) is 4.38. The lowest BCUT2D eigenvalue weighted by Crippen LogP contribution is -2.23. The van der Waals surface area contributed by atoms with Crippen LogP contribution >= 0.6 is 0 Å². The van der Waals surface area contributed by atoms with Gasteiger partial charge in [0.05, 0.1) is 23.7 Å². The Hall–Kier alpha value is -3.35. The highest BCUT2D eigenvalue weighted by atomic mass is 16.5. The van der Waals surface area contributed by atoms with Gasteiger partial charge in [-0.05, 0) is 49.4 Å². The Labute approximate surface area is 143 Å². The molecule has 0 aliphatic heterocycles. The van der Waals surface area contributed by atoms with Crippen LogP contribution in [0.25, 0.3) is 16.6 Å². The number of ether oxygens (including phenoxy) is 2. The number of carbonyl (C=O) groups is 1. The fourth-order valence-corrected chi connectivity index (χ4v) is 2.56. The molecule has 0 aliphatic carbocycles. The number of rotatable bonds is 5. The first-order valence-electron chi connectivity index (χ1n) is 7.58. The molecule has 0 radical (unpaired) electrons. The Bertz CT molecular complexity index is 994. The van der Waals surface area contributed by atoms with Crippen molar-refractivity contribution in [1.82, 2.24) is 9.55 Å². The number of amides is 1. The summed E-state index contributed by atoms with van der Waals surface area (Å²) in [5.74, 6) is 1.06. The van der Waals surface area contributed by atoms with Crippen molar-refractivity contribution in [3.05, 3.63) is 58.6 Å². The van der Waals surface area contributed by atoms with Gasteiger partial charge in [-0.2, -0.15) is 0 Å². The monoisotopic (exact) mass is 339 g/mol. The zero-order valence-electron chi connectivity index (χ0n) is 13.9. The predicted molar refractivity (Wildman–Crippen MR) is 93.3 cm³/mol. The highest BCUT2D eigenvalue weighted by Crippen LogP contribution is 2.20. The first-order valence-corrected chi connectivity index (χ1v) is 7.58. The average Bonchev–Trinajstić information content (AvgIpc) is 2.60. The Morgan fingerprint density at radius 3 is 2.48 bits per heavy atom. The number of aromatic nitrogens is 2. The van der Waals surface area contributed by atoms with Crippen LogP contribution in [0, 0.1) is 6.92 Å². The van der Waals surface area contributed by atoms with Gasteiger partial charge in [0.2, 0.25) is 0 Å². The summed E-state index contributed by atoms with van der Waals surface area (Å²) in [6, 6.07) is 12.0. The second-order valence-electron chi connectivity index (χ2n) is 5.43. The number of hydrogen-bond acceptors (Lipinski definition) is 5. The van der Waals surface area contributed by atoms with Gasteiger partial charge in [-0.25, -0.2) is 4.98 Å². The van der Waals surface area contributed by atoms with Crippen LogP contribution in [0.5, 0.6) is 11.5 Å². The van der Waals surface area contributed by atoms with Gasteiger partial charge in [-0.3, -0.25) is 14.2 Å². The molecular formula is C18H17N3O4. The maximum atomic E-state index is 12.9. The standard InChI is InChI=1S/C18H17N3O4/c1-11-20-16-8-7-14(25-10-17(19)22)9-15(16)18(23)21(11)12-3-5-13(24-2)6-4-12/h3-9H,10H2,1-2H3,(H2,19,22). The molecule has 3 rings (SSSR count). The van der Waals surface area contributed by atoms with E-state index < -0.39 is 5.91 Å². The summed E-state index contributed by atoms with van der Waals surface area (Å²) in [5.41, 5.74) is 6.09. The molecule has 2 N–H and O–H groups in total. The van der Waals surface area contributed by atoms with Gasteiger partial charge in [-0.1, -0.05) is 0 Å². The van der Waals surface area contributed by atoms with E-state index in [0.29, 0.717) is 33.9 Å². The fourth-order valence-electron chi connectivity index (χ4n) is 2.56. The number of nitrogens with zero attached hydrogens (tertiary/aromatic N) is 2. The van der Waals surface area contributed by atoms with E-state index >= 15 is 0 Å². The molecule has 0 saturated carbocycles. The first-order chi connectivity index (χ1) is 12.0. The van der Waals surface area contributed by atoms with Crippen LogP contribution < -0.4 is 20.8 Å². The Morgan fingerprint density at radius 1 is 1.16 bits per heavy atom. The molecule has 0 bridgehead atoms. The molecule has 2 aromatic carbocycles. The summed E-state index contributed by atoms with van der Waals surface area (Å²) < 4.78 is 11.9. The molecule has 0 aliphatic rings. The predicted octanol–water partition coefficient (Wildman–Crippen LogP) is 1.57. The van der Waals surface area contributed by atoms with Gasteiger partial charge in [0.25, 0.3) is 11.5 Å². The quantitative estimate of drug-likeness (QED) is 0.761. The molecule has 0 spiro atoms. The van der Waals surface area contributed by atoms with Crippen molar-refractivity contribution in [3.63, 3.8) is 0 Å². The van der Waals surface area contributed by atoms with Crippen LogP contribution in [-0.2, 0) is 4.79 Å². The second kappa shape index (κ2) is 6.64. The lowest BCUT2D eigenvalue weighted by atomic mass is 10.2. The molecule has 0 fully saturated rings. The largest absolute Gasteiger partial charge is 0.497 e. The van der Waals surface area contributed by atoms with E-state index in [1.54, 1.807) is 56.5 Å². The van der Waals surface area contributed by atoms with Crippen LogP contribution in [0.15, 0.2) is 47.3 Å². The molecular weight excluding hydrogens is 322 g/mol. The third-order valence-electron chi connectivity index (χ3n) is 3.72. The molecule has 0 atom stereocenters. The summed E-state index contributed by atoms with van der Waals surface area (Å²) >= 11 is 0. The number of carbonyl (C=O) groups excluding carboxylic acids is 1. The molecule has 0 unspecified atom stereocenters. The van der Waals surface area contributed by atoms with Gasteiger partial charge in [-0.15, -0.1) is 0 Å². The number of methoxy groups -OCH3 is 1. The van der Waals surface area contributed by atoms with Crippen LogP contribution in [0.4, 0.5) is 0 Å². The second-order valence-corrected chi connectivity index (χ2v) is 5.43. The Balaban J connectivity index is 2.11. The van der Waals surface area contributed by atoms with Gasteiger partial charge in [0, 0.05) is 0 Å². The molecule has 128 valence electrons. The van der Waals surface area contributed by atoms with Gasteiger partial charge >= 0.3 is 0 Å². The molecule has 25 heavy (non-hydrogen) atoms. The minimum absolute atomic E-state index is 0.225. The van der Waals surface area contributed by atoms with Gasteiger partial charge in [0.15, 0.2) is 6.61 Å². The van der Waals surface area contributed by atoms with Crippen LogP contribution in [0.3, 0.4) is 0 Å². The number of nitrogens with two attached hydrogens (primary N) is 1. The minimum Gasteiger partial charge on any atom is -0.497 e. The number of fused-ring (bicyclic) bond motifs is 1. The van der Waals surface area contributed by atoms with E-state index in [1.807, 2.05) is 0 Å². The van der Waals surface area contributed by atoms with Crippen molar-refractivity contribution in [1.29, 1.82) is 0 Å². The van der Waals surface area contributed by atoms with E-state index in [9.17, 15) is 9.59 Å². The summed E-state index contributed by atoms with van der Waals surface area (Å²) in [5, 5.41) is 0.392. The first kappa shape index (κ1) is 16.5. The van der Waals surface area contributed by atoms with Gasteiger partial charge < -0.3 is 15.2 Å². The highest BCUT2D eigenvalue weighted by molar-refractivity contribution is 5.80. The van der Waals surface area contributed by atoms with Crippen molar-refractivity contribution in [3.8, 4) is 17.2 Å². The van der Waals surface area contributed by atoms with Crippen molar-refractivity contribution in [2.45, 2.75) is 6.92 Å². The number of aryl methyl sites for hydroxylation is 1. The summed E-state index contributed by atoms with van der Waals surface area (Å²) in [7, 11) is 1.58. The fraction of sp³-hybridized carbons (Fsp3) is 0.167. The Morgan fingerprint density at radius 2 is 1.84 bits per heavy atom. The number of primary amides is 1. The molecule has 1 heterocycles. The summed E-state index contributed by atoms with van der Waals surface area (Å²) in [4.78, 5) is 28.3. The van der Waals surface area contributed by atoms with Crippen molar-refractivity contribution in [2.75, 3.05) is 13.7 Å². The third-order valence-corrected chi connectivity index (χ3v) is 3.72. The highest BCUT2D eigenvalue weighted by Gasteiger charge is 2.11. The van der Waals surface area contributed by atoms with Crippen LogP contribution in [0.1, 0.15) is 5.82 Å². The molecule has 7 heteroatoms. The van der Waals surface area contributed by atoms with Crippen molar-refractivity contribution >= 4 is 16.8 Å². The zero-order valence-corrected chi connectivity index (χ0v) is 13.9. The van der Waals surface area contributed by atoms with Crippen LogP contribution in [-0.4, -0.2) is 29.2 Å².